The number of rotatable bonds is 0. The van der Waals surface area contributed by atoms with E-state index in [1.807, 2.05) is 0 Å². The predicted octanol–water partition coefficient (Wildman–Crippen LogP) is 5.84. The van der Waals surface area contributed by atoms with Crippen LogP contribution in [0.25, 0.3) is 21.5 Å². The maximum atomic E-state index is 2.33. The molecule has 0 amide bonds. The minimum absolute atomic E-state index is 1.25. The molecule has 0 radical (unpaired) electrons. The second kappa shape index (κ2) is 4.75. The topological polar surface area (TPSA) is 6.48 Å². The van der Waals surface area contributed by atoms with E-state index >= 15 is 0 Å². The first-order valence-electron chi connectivity index (χ1n) is 8.26. The van der Waals surface area contributed by atoms with E-state index in [0.29, 0.717) is 0 Å². The van der Waals surface area contributed by atoms with Gasteiger partial charge in [-0.1, -0.05) is 60.7 Å². The molecular formula is C22H18N2. The van der Waals surface area contributed by atoms with E-state index in [4.69, 9.17) is 0 Å². The van der Waals surface area contributed by atoms with Crippen LogP contribution in [0.3, 0.4) is 0 Å². The first kappa shape index (κ1) is 13.4. The molecule has 0 atom stereocenters. The second-order valence-corrected chi connectivity index (χ2v) is 6.43. The van der Waals surface area contributed by atoms with Gasteiger partial charge >= 0.3 is 0 Å². The Balaban J connectivity index is 1.88. The number of fused-ring (bicyclic) bond motifs is 6. The highest BCUT2D eigenvalue weighted by Crippen LogP contribution is 2.51. The third-order valence-electron chi connectivity index (χ3n) is 5.15. The van der Waals surface area contributed by atoms with Gasteiger partial charge in [0, 0.05) is 24.9 Å². The lowest BCUT2D eigenvalue weighted by molar-refractivity contribution is 1.11. The zero-order valence-electron chi connectivity index (χ0n) is 13.8. The van der Waals surface area contributed by atoms with Crippen molar-refractivity contribution in [2.45, 2.75) is 0 Å². The van der Waals surface area contributed by atoms with Gasteiger partial charge in [0.25, 0.3) is 0 Å². The third-order valence-corrected chi connectivity index (χ3v) is 5.15. The molecule has 24 heavy (non-hydrogen) atoms. The lowest BCUT2D eigenvalue weighted by Crippen LogP contribution is -2.24. The molecule has 2 heteroatoms. The van der Waals surface area contributed by atoms with E-state index < -0.39 is 0 Å². The monoisotopic (exact) mass is 310 g/mol. The highest BCUT2D eigenvalue weighted by molar-refractivity contribution is 6.12. The van der Waals surface area contributed by atoms with E-state index in [0.717, 1.165) is 0 Å². The predicted molar refractivity (Wildman–Crippen MR) is 104 cm³/mol. The largest absolute Gasteiger partial charge is 0.341 e. The SMILES string of the molecule is CN1c2ccc3ccccc3c2N(C)c2ccc3ccccc3c21. The van der Waals surface area contributed by atoms with Gasteiger partial charge in [-0.2, -0.15) is 0 Å². The van der Waals surface area contributed by atoms with Crippen LogP contribution >= 0.6 is 0 Å². The van der Waals surface area contributed by atoms with Crippen LogP contribution in [-0.2, 0) is 0 Å². The lowest BCUT2D eigenvalue weighted by atomic mass is 9.99. The second-order valence-electron chi connectivity index (χ2n) is 6.43. The van der Waals surface area contributed by atoms with Gasteiger partial charge in [0.1, 0.15) is 0 Å². The first-order chi connectivity index (χ1) is 11.8. The molecule has 0 N–H and O–H groups in total. The van der Waals surface area contributed by atoms with Crippen LogP contribution in [0.5, 0.6) is 0 Å². The minimum atomic E-state index is 1.25. The van der Waals surface area contributed by atoms with E-state index in [9.17, 15) is 0 Å². The van der Waals surface area contributed by atoms with Gasteiger partial charge in [-0.05, 0) is 22.9 Å². The molecule has 5 rings (SSSR count). The molecule has 4 aromatic carbocycles. The average molecular weight is 310 g/mol. The van der Waals surface area contributed by atoms with Gasteiger partial charge in [-0.15, -0.1) is 0 Å². The molecule has 0 saturated carbocycles. The molecule has 2 nitrogen and oxygen atoms in total. The maximum Gasteiger partial charge on any atom is 0.0729 e. The summed E-state index contributed by atoms with van der Waals surface area (Å²) in [4.78, 5) is 4.67. The quantitative estimate of drug-likeness (QED) is 0.402. The van der Waals surface area contributed by atoms with Crippen molar-refractivity contribution in [3.8, 4) is 0 Å². The molecule has 1 heterocycles. The molecule has 0 unspecified atom stereocenters. The van der Waals surface area contributed by atoms with Gasteiger partial charge in [0.2, 0.25) is 0 Å². The molecule has 116 valence electrons. The highest BCUT2D eigenvalue weighted by Gasteiger charge is 2.27. The van der Waals surface area contributed by atoms with Crippen molar-refractivity contribution in [2.75, 3.05) is 23.9 Å². The smallest absolute Gasteiger partial charge is 0.0729 e. The van der Waals surface area contributed by atoms with Crippen molar-refractivity contribution in [2.24, 2.45) is 0 Å². The van der Waals surface area contributed by atoms with Crippen LogP contribution in [0.4, 0.5) is 22.7 Å². The molecule has 0 spiro atoms. The van der Waals surface area contributed by atoms with Crippen molar-refractivity contribution < 1.29 is 0 Å². The Morgan fingerprint density at radius 3 is 1.38 bits per heavy atom. The molecule has 0 saturated heterocycles. The molecule has 4 aromatic rings. The van der Waals surface area contributed by atoms with Crippen LogP contribution < -0.4 is 9.80 Å². The summed E-state index contributed by atoms with van der Waals surface area (Å²) in [5.41, 5.74) is 5.05. The number of nitrogens with zero attached hydrogens (tertiary/aromatic N) is 2. The maximum absolute atomic E-state index is 2.33. The van der Waals surface area contributed by atoms with Crippen LogP contribution in [0.15, 0.2) is 72.8 Å². The fourth-order valence-corrected chi connectivity index (χ4v) is 3.97. The summed E-state index contributed by atoms with van der Waals surface area (Å²) in [6.07, 6.45) is 0. The molecule has 0 aromatic heterocycles. The summed E-state index contributed by atoms with van der Waals surface area (Å²) in [5, 5.41) is 5.15. The van der Waals surface area contributed by atoms with Gasteiger partial charge in [0.05, 0.1) is 22.7 Å². The molecule has 0 bridgehead atoms. The summed E-state index contributed by atoms with van der Waals surface area (Å²) in [7, 11) is 4.34. The van der Waals surface area contributed by atoms with Gasteiger partial charge < -0.3 is 9.80 Å². The van der Waals surface area contributed by atoms with Crippen LogP contribution in [0, 0.1) is 0 Å². The number of benzene rings is 4. The summed E-state index contributed by atoms with van der Waals surface area (Å²) < 4.78 is 0. The molecule has 1 aliphatic rings. The Morgan fingerprint density at radius 1 is 0.500 bits per heavy atom. The van der Waals surface area contributed by atoms with Crippen molar-refractivity contribution in [1.82, 2.24) is 0 Å². The summed E-state index contributed by atoms with van der Waals surface area (Å²) >= 11 is 0. The van der Waals surface area contributed by atoms with Crippen molar-refractivity contribution in [3.05, 3.63) is 72.8 Å². The van der Waals surface area contributed by atoms with Gasteiger partial charge in [0.15, 0.2) is 0 Å². The van der Waals surface area contributed by atoms with E-state index in [1.54, 1.807) is 0 Å². The zero-order chi connectivity index (χ0) is 16.3. The summed E-state index contributed by atoms with van der Waals surface area (Å²) in [6, 6.07) is 26.1. The summed E-state index contributed by atoms with van der Waals surface area (Å²) in [5.74, 6) is 0. The van der Waals surface area contributed by atoms with Crippen molar-refractivity contribution in [3.63, 3.8) is 0 Å². The number of anilines is 4. The Labute approximate surface area is 141 Å². The van der Waals surface area contributed by atoms with Crippen LogP contribution in [-0.4, -0.2) is 14.1 Å². The van der Waals surface area contributed by atoms with E-state index in [1.165, 1.54) is 44.3 Å². The average Bonchev–Trinajstić information content (AvgIpc) is 2.64. The Morgan fingerprint density at radius 2 is 0.917 bits per heavy atom. The minimum Gasteiger partial charge on any atom is -0.341 e. The Bertz CT molecular complexity index is 1010. The molecule has 1 aliphatic heterocycles. The fourth-order valence-electron chi connectivity index (χ4n) is 3.97. The Hall–Kier alpha value is -3.00. The fraction of sp³-hybridized carbons (Fsp3) is 0.0909. The number of hydrogen-bond donors (Lipinski definition) is 0. The molecule has 0 fully saturated rings. The number of hydrogen-bond acceptors (Lipinski definition) is 2. The highest BCUT2D eigenvalue weighted by atomic mass is 15.2. The zero-order valence-corrected chi connectivity index (χ0v) is 13.8. The van der Waals surface area contributed by atoms with Crippen LogP contribution in [0.1, 0.15) is 0 Å². The lowest BCUT2D eigenvalue weighted by Gasteiger charge is -2.38. The molecular weight excluding hydrogens is 292 g/mol. The standard InChI is InChI=1S/C22H18N2/c1-23-19-13-11-16-8-4-6-10-18(16)22(19)24(2)20-14-12-15-7-3-5-9-17(15)21(20)23/h3-14H,1-2H3. The van der Waals surface area contributed by atoms with Gasteiger partial charge in [-0.3, -0.25) is 0 Å². The Kier molecular flexibility index (Phi) is 2.66. The van der Waals surface area contributed by atoms with Crippen molar-refractivity contribution in [1.29, 1.82) is 0 Å². The van der Waals surface area contributed by atoms with E-state index in [-0.39, 0.29) is 0 Å². The summed E-state index contributed by atoms with van der Waals surface area (Å²) in [6.45, 7) is 0. The third kappa shape index (κ3) is 1.65. The van der Waals surface area contributed by atoms with Gasteiger partial charge in [-0.25, -0.2) is 0 Å². The normalized spacial score (nSPS) is 13.2. The molecule has 0 aliphatic carbocycles. The first-order valence-corrected chi connectivity index (χ1v) is 8.26. The van der Waals surface area contributed by atoms with Crippen LogP contribution in [0.2, 0.25) is 0 Å². The van der Waals surface area contributed by atoms with E-state index in [2.05, 4.69) is 96.7 Å². The van der Waals surface area contributed by atoms with Crippen molar-refractivity contribution >= 4 is 44.3 Å².